The van der Waals surface area contributed by atoms with Crippen LogP contribution in [0.15, 0.2) is 18.2 Å². The van der Waals surface area contributed by atoms with Crippen molar-refractivity contribution in [2.45, 2.75) is 25.3 Å². The maximum Gasteiger partial charge on any atom is 0.339 e. The van der Waals surface area contributed by atoms with E-state index < -0.39 is 17.3 Å². The van der Waals surface area contributed by atoms with Crippen LogP contribution in [-0.2, 0) is 9.53 Å². The molecule has 194 valence electrons. The third kappa shape index (κ3) is 3.23. The molecule has 1 aromatic heterocycles. The van der Waals surface area contributed by atoms with Crippen molar-refractivity contribution in [3.63, 3.8) is 0 Å². The number of phenolic OH excluding ortho intramolecular Hbond substituents is 1. The van der Waals surface area contributed by atoms with Gasteiger partial charge in [0.2, 0.25) is 11.5 Å². The number of hydrogen-bond donors (Lipinski definition) is 3. The first-order valence-electron chi connectivity index (χ1n) is 11.6. The minimum atomic E-state index is -1.67. The predicted molar refractivity (Wildman–Crippen MR) is 135 cm³/mol. The van der Waals surface area contributed by atoms with E-state index in [0.717, 1.165) is 0 Å². The SMILES string of the molecule is COC(=O)[C@]1(C)Nc2c(O)cc3c(c2C1=O)[C@H](C)CN3C(=O)c1cc2cc(OC)c(OC)c(OC)c2[nH]1. The molecule has 2 aromatic carbocycles. The van der Waals surface area contributed by atoms with Crippen LogP contribution in [0.1, 0.15) is 46.2 Å². The fourth-order valence-electron chi connectivity index (χ4n) is 5.32. The van der Waals surface area contributed by atoms with Crippen molar-refractivity contribution in [3.8, 4) is 23.0 Å². The van der Waals surface area contributed by atoms with E-state index >= 15 is 0 Å². The average Bonchev–Trinajstić information content (AvgIpc) is 3.54. The van der Waals surface area contributed by atoms with Crippen LogP contribution in [0.25, 0.3) is 10.9 Å². The lowest BCUT2D eigenvalue weighted by Crippen LogP contribution is -2.47. The van der Waals surface area contributed by atoms with E-state index in [0.29, 0.717) is 39.4 Å². The first-order valence-corrected chi connectivity index (χ1v) is 11.6. The number of carbonyl (C=O) groups excluding carboxylic acids is 3. The molecule has 11 heteroatoms. The number of amides is 1. The number of rotatable bonds is 5. The van der Waals surface area contributed by atoms with E-state index in [2.05, 4.69) is 10.3 Å². The highest BCUT2D eigenvalue weighted by molar-refractivity contribution is 6.26. The van der Waals surface area contributed by atoms with Crippen molar-refractivity contribution < 1.29 is 38.4 Å². The molecule has 1 amide bonds. The van der Waals surface area contributed by atoms with Gasteiger partial charge in [-0.25, -0.2) is 4.79 Å². The van der Waals surface area contributed by atoms with Gasteiger partial charge >= 0.3 is 5.97 Å². The Labute approximate surface area is 212 Å². The fraction of sp³-hybridized carbons (Fsp3) is 0.346. The highest BCUT2D eigenvalue weighted by Gasteiger charge is 2.52. The minimum absolute atomic E-state index is 0.160. The predicted octanol–water partition coefficient (Wildman–Crippen LogP) is 3.20. The van der Waals surface area contributed by atoms with Gasteiger partial charge in [-0.1, -0.05) is 6.92 Å². The zero-order chi connectivity index (χ0) is 26.8. The van der Waals surface area contributed by atoms with Crippen molar-refractivity contribution in [3.05, 3.63) is 35.0 Å². The number of fused-ring (bicyclic) bond motifs is 4. The number of aromatic amines is 1. The van der Waals surface area contributed by atoms with Crippen LogP contribution in [0.4, 0.5) is 11.4 Å². The first-order chi connectivity index (χ1) is 17.6. The Kier molecular flexibility index (Phi) is 5.47. The lowest BCUT2D eigenvalue weighted by molar-refractivity contribution is -0.143. The Morgan fingerprint density at radius 1 is 1.08 bits per heavy atom. The van der Waals surface area contributed by atoms with Crippen molar-refractivity contribution in [2.75, 3.05) is 45.2 Å². The van der Waals surface area contributed by atoms with Crippen LogP contribution in [0.3, 0.4) is 0 Å². The van der Waals surface area contributed by atoms with E-state index in [4.69, 9.17) is 18.9 Å². The van der Waals surface area contributed by atoms with Gasteiger partial charge in [-0.3, -0.25) is 9.59 Å². The summed E-state index contributed by atoms with van der Waals surface area (Å²) in [4.78, 5) is 44.2. The second-order valence-electron chi connectivity index (χ2n) is 9.26. The molecule has 0 aliphatic carbocycles. The Morgan fingerprint density at radius 2 is 1.78 bits per heavy atom. The molecule has 37 heavy (non-hydrogen) atoms. The van der Waals surface area contributed by atoms with Crippen LogP contribution in [0, 0.1) is 0 Å². The number of methoxy groups -OCH3 is 4. The number of hydrogen-bond acceptors (Lipinski definition) is 9. The van der Waals surface area contributed by atoms with Gasteiger partial charge in [0, 0.05) is 23.9 Å². The molecular weight excluding hydrogens is 482 g/mol. The molecule has 3 aromatic rings. The number of Topliss-reactive ketones (excluding diaryl/α,β-unsaturated/α-hetero) is 1. The van der Waals surface area contributed by atoms with E-state index in [-0.39, 0.29) is 41.1 Å². The van der Waals surface area contributed by atoms with Crippen molar-refractivity contribution in [1.82, 2.24) is 4.98 Å². The number of nitrogens with zero attached hydrogens (tertiary/aromatic N) is 1. The van der Waals surface area contributed by atoms with Gasteiger partial charge in [0.1, 0.15) is 11.4 Å². The van der Waals surface area contributed by atoms with Gasteiger partial charge in [0.05, 0.1) is 50.9 Å². The smallest absolute Gasteiger partial charge is 0.339 e. The number of aromatic hydroxyl groups is 1. The van der Waals surface area contributed by atoms with Crippen molar-refractivity contribution in [2.24, 2.45) is 0 Å². The van der Waals surface area contributed by atoms with Crippen LogP contribution >= 0.6 is 0 Å². The first kappa shape index (κ1) is 24.3. The number of phenols is 1. The van der Waals surface area contributed by atoms with E-state index in [1.807, 2.05) is 6.92 Å². The number of carbonyl (C=O) groups is 3. The molecule has 0 unspecified atom stereocenters. The van der Waals surface area contributed by atoms with Gasteiger partial charge in [0.25, 0.3) is 5.91 Å². The summed E-state index contributed by atoms with van der Waals surface area (Å²) in [6.45, 7) is 3.57. The zero-order valence-electron chi connectivity index (χ0n) is 21.3. The quantitative estimate of drug-likeness (QED) is 0.269. The topological polar surface area (TPSA) is 139 Å². The number of anilines is 2. The molecule has 3 N–H and O–H groups in total. The highest BCUT2D eigenvalue weighted by atomic mass is 16.5. The Morgan fingerprint density at radius 3 is 2.41 bits per heavy atom. The third-order valence-electron chi connectivity index (χ3n) is 7.11. The number of benzene rings is 2. The van der Waals surface area contributed by atoms with Gasteiger partial charge in [-0.15, -0.1) is 0 Å². The monoisotopic (exact) mass is 509 g/mol. The normalized spacial score (nSPS) is 19.9. The van der Waals surface area contributed by atoms with Gasteiger partial charge < -0.3 is 39.3 Å². The van der Waals surface area contributed by atoms with Crippen LogP contribution in [0.5, 0.6) is 23.0 Å². The summed E-state index contributed by atoms with van der Waals surface area (Å²) >= 11 is 0. The summed E-state index contributed by atoms with van der Waals surface area (Å²) in [6.07, 6.45) is 0. The Hall–Kier alpha value is -4.41. The lowest BCUT2D eigenvalue weighted by Gasteiger charge is -2.20. The summed E-state index contributed by atoms with van der Waals surface area (Å²) < 4.78 is 21.2. The molecular formula is C26H27N3O8. The molecule has 11 nitrogen and oxygen atoms in total. The average molecular weight is 510 g/mol. The fourth-order valence-corrected chi connectivity index (χ4v) is 5.32. The maximum atomic E-state index is 13.7. The second-order valence-corrected chi connectivity index (χ2v) is 9.26. The minimum Gasteiger partial charge on any atom is -0.506 e. The number of esters is 1. The summed E-state index contributed by atoms with van der Waals surface area (Å²) in [5.41, 5.74) is 0.494. The number of ether oxygens (including phenoxy) is 4. The molecule has 3 heterocycles. The van der Waals surface area contributed by atoms with Gasteiger partial charge in [-0.2, -0.15) is 0 Å². The van der Waals surface area contributed by atoms with E-state index in [1.165, 1.54) is 46.3 Å². The molecule has 5 rings (SSSR count). The van der Waals surface area contributed by atoms with Gasteiger partial charge in [-0.05, 0) is 24.6 Å². The molecule has 0 saturated heterocycles. The molecule has 2 atom stereocenters. The maximum absolute atomic E-state index is 13.7. The van der Waals surface area contributed by atoms with Crippen molar-refractivity contribution >= 4 is 39.9 Å². The second kappa shape index (κ2) is 8.32. The van der Waals surface area contributed by atoms with Crippen LogP contribution in [-0.4, -0.2) is 68.3 Å². The molecule has 2 aliphatic rings. The van der Waals surface area contributed by atoms with Gasteiger partial charge in [0.15, 0.2) is 17.0 Å². The summed E-state index contributed by atoms with van der Waals surface area (Å²) in [6, 6.07) is 4.86. The van der Waals surface area contributed by atoms with Crippen molar-refractivity contribution in [1.29, 1.82) is 0 Å². The van der Waals surface area contributed by atoms with Crippen LogP contribution in [0.2, 0.25) is 0 Å². The van der Waals surface area contributed by atoms with E-state index in [1.54, 1.807) is 12.1 Å². The molecule has 0 radical (unpaired) electrons. The zero-order valence-corrected chi connectivity index (χ0v) is 21.3. The highest BCUT2D eigenvalue weighted by Crippen LogP contribution is 2.51. The molecule has 0 spiro atoms. The standard InChI is InChI=1S/C26H27N3O8/c1-11-10-29(14-9-15(30)20-18(17(11)14)23(31)26(2,28-20)25(33)37-6)24(32)13-7-12-8-16(34-3)21(35-4)22(36-5)19(12)27-13/h7-9,11,27-28,30H,10H2,1-6H3/t11-,26-/m1/s1. The third-order valence-corrected chi connectivity index (χ3v) is 7.11. The Balaban J connectivity index is 1.61. The lowest BCUT2D eigenvalue weighted by atomic mass is 9.89. The molecule has 0 fully saturated rings. The molecule has 2 aliphatic heterocycles. The molecule has 0 bridgehead atoms. The number of nitrogens with one attached hydrogen (secondary N) is 2. The summed E-state index contributed by atoms with van der Waals surface area (Å²) in [5.74, 6) is -0.901. The number of H-pyrrole nitrogens is 1. The number of aromatic nitrogens is 1. The Bertz CT molecular complexity index is 1490. The summed E-state index contributed by atoms with van der Waals surface area (Å²) in [7, 11) is 5.69. The summed E-state index contributed by atoms with van der Waals surface area (Å²) in [5, 5.41) is 14.3. The van der Waals surface area contributed by atoms with E-state index in [9.17, 15) is 19.5 Å². The van der Waals surface area contributed by atoms with Crippen LogP contribution < -0.4 is 24.4 Å². The molecule has 0 saturated carbocycles. The largest absolute Gasteiger partial charge is 0.506 e. The number of ketones is 1.